The molecule has 2 heterocycles. The van der Waals surface area contributed by atoms with Gasteiger partial charge < -0.3 is 24.6 Å². The number of halogens is 1. The zero-order valence-corrected chi connectivity index (χ0v) is 18.6. The molecule has 2 aliphatic heterocycles. The molecule has 172 valence electrons. The second-order valence-corrected chi connectivity index (χ2v) is 7.58. The van der Waals surface area contributed by atoms with Crippen molar-refractivity contribution in [2.75, 3.05) is 72.2 Å². The fourth-order valence-corrected chi connectivity index (χ4v) is 3.92. The predicted octanol–water partition coefficient (Wildman–Crippen LogP) is 1.94. The quantitative estimate of drug-likeness (QED) is 0.544. The molecule has 0 aliphatic carbocycles. The van der Waals surface area contributed by atoms with Crippen molar-refractivity contribution in [2.24, 2.45) is 4.99 Å². The van der Waals surface area contributed by atoms with Gasteiger partial charge in [0, 0.05) is 45.8 Å². The van der Waals surface area contributed by atoms with Crippen molar-refractivity contribution >= 4 is 12.1 Å². The Hall–Kier alpha value is -2.39. The normalized spacial score (nSPS) is 19.3. The molecule has 2 saturated heterocycles. The minimum atomic E-state index is -0.257. The lowest BCUT2D eigenvalue weighted by molar-refractivity contribution is 0.0179. The predicted molar refractivity (Wildman–Crippen MR) is 118 cm³/mol. The minimum absolute atomic E-state index is 0.0546. The number of piperazine rings is 1. The number of hydrogen-bond acceptors (Lipinski definition) is 5. The van der Waals surface area contributed by atoms with Gasteiger partial charge in [-0.3, -0.25) is 9.89 Å². The zero-order valence-electron chi connectivity index (χ0n) is 18.6. The first kappa shape index (κ1) is 23.3. The molecule has 3 rings (SSSR count). The Bertz CT molecular complexity index is 716. The molecule has 1 unspecified atom stereocenters. The molecule has 1 atom stereocenters. The van der Waals surface area contributed by atoms with Crippen LogP contribution in [0.1, 0.15) is 25.5 Å². The Labute approximate surface area is 184 Å². The summed E-state index contributed by atoms with van der Waals surface area (Å²) in [4.78, 5) is 23.2. The highest BCUT2D eigenvalue weighted by molar-refractivity contribution is 5.80. The number of nitrogens with one attached hydrogen (secondary N) is 1. The first-order chi connectivity index (χ1) is 15.1. The molecule has 0 aromatic heterocycles. The van der Waals surface area contributed by atoms with E-state index in [9.17, 15) is 9.18 Å². The molecular formula is C22H34FN5O3. The average Bonchev–Trinajstić information content (AvgIpc) is 2.80. The first-order valence-electron chi connectivity index (χ1n) is 11.1. The maximum absolute atomic E-state index is 13.5. The van der Waals surface area contributed by atoms with Crippen LogP contribution < -0.4 is 5.32 Å². The van der Waals surface area contributed by atoms with Crippen molar-refractivity contribution in [3.63, 3.8) is 0 Å². The van der Waals surface area contributed by atoms with E-state index in [4.69, 9.17) is 14.5 Å². The van der Waals surface area contributed by atoms with Crippen LogP contribution in [-0.4, -0.2) is 98.9 Å². The monoisotopic (exact) mass is 435 g/mol. The summed E-state index contributed by atoms with van der Waals surface area (Å²) in [6, 6.07) is 6.75. The zero-order chi connectivity index (χ0) is 22.1. The highest BCUT2D eigenvalue weighted by Gasteiger charge is 2.26. The summed E-state index contributed by atoms with van der Waals surface area (Å²) in [6.45, 7) is 11.2. The summed E-state index contributed by atoms with van der Waals surface area (Å²) in [5, 5.41) is 3.38. The molecule has 0 saturated carbocycles. The third-order valence-corrected chi connectivity index (χ3v) is 5.60. The lowest BCUT2D eigenvalue weighted by Crippen LogP contribution is -2.54. The molecule has 0 bridgehead atoms. The average molecular weight is 436 g/mol. The van der Waals surface area contributed by atoms with Crippen LogP contribution >= 0.6 is 0 Å². The summed E-state index contributed by atoms with van der Waals surface area (Å²) in [5.41, 5.74) is 1.05. The third kappa shape index (κ3) is 6.54. The number of hydrogen-bond donors (Lipinski definition) is 1. The van der Waals surface area contributed by atoms with Gasteiger partial charge in [0.2, 0.25) is 0 Å². The van der Waals surface area contributed by atoms with Gasteiger partial charge in [-0.1, -0.05) is 12.1 Å². The van der Waals surface area contributed by atoms with Crippen molar-refractivity contribution in [3.05, 3.63) is 35.6 Å². The van der Waals surface area contributed by atoms with Gasteiger partial charge in [0.05, 0.1) is 32.4 Å². The van der Waals surface area contributed by atoms with Gasteiger partial charge in [-0.2, -0.15) is 0 Å². The smallest absolute Gasteiger partial charge is 0.409 e. The lowest BCUT2D eigenvalue weighted by atomic mass is 10.0. The second kappa shape index (κ2) is 11.9. The van der Waals surface area contributed by atoms with Gasteiger partial charge in [-0.25, -0.2) is 9.18 Å². The van der Waals surface area contributed by atoms with E-state index in [2.05, 4.69) is 15.1 Å². The Morgan fingerprint density at radius 1 is 1.10 bits per heavy atom. The molecular weight excluding hydrogens is 401 g/mol. The number of aliphatic imine (C=N–C) groups is 1. The van der Waals surface area contributed by atoms with Crippen LogP contribution in [0.3, 0.4) is 0 Å². The van der Waals surface area contributed by atoms with E-state index in [1.807, 2.05) is 26.0 Å². The molecule has 1 aromatic rings. The minimum Gasteiger partial charge on any atom is -0.450 e. The van der Waals surface area contributed by atoms with Crippen molar-refractivity contribution in [3.8, 4) is 0 Å². The van der Waals surface area contributed by atoms with Crippen LogP contribution in [0.25, 0.3) is 0 Å². The number of carbonyl (C=O) groups is 1. The van der Waals surface area contributed by atoms with Gasteiger partial charge in [0.15, 0.2) is 5.96 Å². The molecule has 2 fully saturated rings. The third-order valence-electron chi connectivity index (χ3n) is 5.60. The van der Waals surface area contributed by atoms with E-state index in [1.54, 1.807) is 4.90 Å². The largest absolute Gasteiger partial charge is 0.450 e. The highest BCUT2D eigenvalue weighted by Crippen LogP contribution is 2.23. The van der Waals surface area contributed by atoms with E-state index in [-0.39, 0.29) is 18.0 Å². The Morgan fingerprint density at radius 3 is 2.35 bits per heavy atom. The van der Waals surface area contributed by atoms with E-state index >= 15 is 0 Å². The Balaban J connectivity index is 1.70. The van der Waals surface area contributed by atoms with Gasteiger partial charge in [0.1, 0.15) is 5.82 Å². The van der Waals surface area contributed by atoms with Crippen molar-refractivity contribution in [1.82, 2.24) is 20.0 Å². The van der Waals surface area contributed by atoms with Crippen molar-refractivity contribution < 1.29 is 18.7 Å². The number of amides is 1. The van der Waals surface area contributed by atoms with E-state index < -0.39 is 0 Å². The van der Waals surface area contributed by atoms with Gasteiger partial charge in [-0.05, 0) is 31.5 Å². The SMILES string of the molecule is CCNC(=NCC(c1ccc(F)cc1)N1CCOCC1)N1CCN(C(=O)OCC)CC1. The van der Waals surface area contributed by atoms with E-state index in [0.717, 1.165) is 31.2 Å². The Kier molecular flexibility index (Phi) is 8.90. The van der Waals surface area contributed by atoms with Crippen molar-refractivity contribution in [2.45, 2.75) is 19.9 Å². The van der Waals surface area contributed by atoms with Crippen LogP contribution in [0.4, 0.5) is 9.18 Å². The first-order valence-corrected chi connectivity index (χ1v) is 11.1. The highest BCUT2D eigenvalue weighted by atomic mass is 19.1. The summed E-state index contributed by atoms with van der Waals surface area (Å²) in [7, 11) is 0. The van der Waals surface area contributed by atoms with Crippen molar-refractivity contribution in [1.29, 1.82) is 0 Å². The number of rotatable bonds is 6. The molecule has 1 aromatic carbocycles. The topological polar surface area (TPSA) is 69.6 Å². The number of guanidine groups is 1. The van der Waals surface area contributed by atoms with Gasteiger partial charge in [-0.15, -0.1) is 0 Å². The van der Waals surface area contributed by atoms with Crippen LogP contribution in [0.5, 0.6) is 0 Å². The number of nitrogens with zero attached hydrogens (tertiary/aromatic N) is 4. The number of morpholine rings is 1. The fourth-order valence-electron chi connectivity index (χ4n) is 3.92. The molecule has 31 heavy (non-hydrogen) atoms. The summed E-state index contributed by atoms with van der Waals surface area (Å²) < 4.78 is 24.1. The summed E-state index contributed by atoms with van der Waals surface area (Å²) in [6.07, 6.45) is -0.257. The lowest BCUT2D eigenvalue weighted by Gasteiger charge is -2.37. The van der Waals surface area contributed by atoms with Crippen LogP contribution in [0, 0.1) is 5.82 Å². The van der Waals surface area contributed by atoms with E-state index in [1.165, 1.54) is 12.1 Å². The number of carbonyl (C=O) groups excluding carboxylic acids is 1. The molecule has 2 aliphatic rings. The maximum atomic E-state index is 13.5. The standard InChI is InChI=1S/C22H34FN5O3/c1-3-24-21(27-9-11-28(12-10-27)22(29)31-4-2)25-17-20(26-13-15-30-16-14-26)18-5-7-19(23)8-6-18/h5-8,20H,3-4,9-17H2,1-2H3,(H,24,25). The van der Waals surface area contributed by atoms with Gasteiger partial charge >= 0.3 is 6.09 Å². The summed E-state index contributed by atoms with van der Waals surface area (Å²) >= 11 is 0. The second-order valence-electron chi connectivity index (χ2n) is 7.58. The van der Waals surface area contributed by atoms with Crippen LogP contribution in [0.15, 0.2) is 29.3 Å². The maximum Gasteiger partial charge on any atom is 0.409 e. The molecule has 1 N–H and O–H groups in total. The molecule has 9 heteroatoms. The number of ether oxygens (including phenoxy) is 2. The van der Waals surface area contributed by atoms with E-state index in [0.29, 0.717) is 52.5 Å². The Morgan fingerprint density at radius 2 is 1.74 bits per heavy atom. The van der Waals surface area contributed by atoms with Crippen LogP contribution in [0.2, 0.25) is 0 Å². The summed E-state index contributed by atoms with van der Waals surface area (Å²) in [5.74, 6) is 0.604. The molecule has 8 nitrogen and oxygen atoms in total. The fraction of sp³-hybridized carbons (Fsp3) is 0.636. The number of benzene rings is 1. The molecule has 0 spiro atoms. The van der Waals surface area contributed by atoms with Crippen LogP contribution in [-0.2, 0) is 9.47 Å². The molecule has 0 radical (unpaired) electrons. The molecule has 1 amide bonds. The van der Waals surface area contributed by atoms with Gasteiger partial charge in [0.25, 0.3) is 0 Å².